The Kier molecular flexibility index (Phi) is 4.72. The van der Waals surface area contributed by atoms with Crippen molar-refractivity contribution < 1.29 is 18.4 Å². The first-order valence-corrected chi connectivity index (χ1v) is 7.86. The van der Waals surface area contributed by atoms with Gasteiger partial charge in [-0.25, -0.2) is 4.39 Å². The van der Waals surface area contributed by atoms with Gasteiger partial charge in [0.1, 0.15) is 11.4 Å². The fraction of sp³-hybridized carbons (Fsp3) is 0.111. The largest absolute Gasteiger partial charge is 0.451 e. The van der Waals surface area contributed by atoms with Crippen LogP contribution in [-0.2, 0) is 4.79 Å². The van der Waals surface area contributed by atoms with Crippen molar-refractivity contribution in [3.05, 3.63) is 65.1 Å². The second kappa shape index (κ2) is 6.94. The normalized spacial score (nSPS) is 10.8. The molecule has 0 bridgehead atoms. The summed E-state index contributed by atoms with van der Waals surface area (Å²) in [5.41, 5.74) is 6.14. The van der Waals surface area contributed by atoms with Gasteiger partial charge < -0.3 is 15.1 Å². The van der Waals surface area contributed by atoms with Gasteiger partial charge in [-0.1, -0.05) is 11.6 Å². The number of furan rings is 1. The summed E-state index contributed by atoms with van der Waals surface area (Å²) in [6.45, 7) is 0.0532. The molecule has 2 N–H and O–H groups in total. The van der Waals surface area contributed by atoms with Crippen molar-refractivity contribution in [3.8, 4) is 0 Å². The molecule has 2 amide bonds. The van der Waals surface area contributed by atoms with Gasteiger partial charge in [0.25, 0.3) is 5.91 Å². The number of fused-ring (bicyclic) bond motifs is 1. The molecule has 0 atom stereocenters. The van der Waals surface area contributed by atoms with Crippen LogP contribution in [-0.4, -0.2) is 18.4 Å². The lowest BCUT2D eigenvalue weighted by atomic mass is 10.2. The Hall–Kier alpha value is -2.86. The Labute approximate surface area is 147 Å². The Morgan fingerprint density at radius 3 is 2.52 bits per heavy atom. The van der Waals surface area contributed by atoms with Crippen LogP contribution in [0, 0.1) is 5.82 Å². The predicted octanol–water partition coefficient (Wildman–Crippen LogP) is 3.75. The molecule has 5 nitrogen and oxygen atoms in total. The number of carbonyl (C=O) groups is 2. The summed E-state index contributed by atoms with van der Waals surface area (Å²) in [7, 11) is 0. The highest BCUT2D eigenvalue weighted by Crippen LogP contribution is 2.25. The van der Waals surface area contributed by atoms with Crippen LogP contribution in [0.25, 0.3) is 11.0 Å². The molecule has 3 aromatic rings. The van der Waals surface area contributed by atoms with E-state index in [0.29, 0.717) is 21.7 Å². The van der Waals surface area contributed by atoms with Crippen molar-refractivity contribution in [2.24, 2.45) is 5.73 Å². The van der Waals surface area contributed by atoms with Crippen molar-refractivity contribution in [2.75, 3.05) is 11.4 Å². The summed E-state index contributed by atoms with van der Waals surface area (Å²) in [5.74, 6) is -1.34. The lowest BCUT2D eigenvalue weighted by molar-refractivity contribution is -0.117. The summed E-state index contributed by atoms with van der Waals surface area (Å²) in [6.07, 6.45) is -0.0326. The van der Waals surface area contributed by atoms with Crippen LogP contribution in [0.1, 0.15) is 17.0 Å². The van der Waals surface area contributed by atoms with E-state index in [1.54, 1.807) is 24.3 Å². The highest BCUT2D eigenvalue weighted by molar-refractivity contribution is 6.31. The highest BCUT2D eigenvalue weighted by Gasteiger charge is 2.22. The van der Waals surface area contributed by atoms with Gasteiger partial charge in [0.05, 0.1) is 0 Å². The quantitative estimate of drug-likeness (QED) is 0.752. The fourth-order valence-corrected chi connectivity index (χ4v) is 2.62. The number of carbonyl (C=O) groups excluding carboxylic acids is 2. The molecule has 0 saturated heterocycles. The second-order valence-electron chi connectivity index (χ2n) is 5.44. The van der Waals surface area contributed by atoms with Gasteiger partial charge in [-0.05, 0) is 48.5 Å². The molecule has 1 heterocycles. The van der Waals surface area contributed by atoms with E-state index in [2.05, 4.69) is 0 Å². The zero-order chi connectivity index (χ0) is 18.0. The molecule has 1 aromatic heterocycles. The molecular weight excluding hydrogens is 347 g/mol. The molecular formula is C18H14ClFN2O3. The highest BCUT2D eigenvalue weighted by atomic mass is 35.5. The summed E-state index contributed by atoms with van der Waals surface area (Å²) in [5, 5.41) is 1.21. The first-order valence-electron chi connectivity index (χ1n) is 7.49. The third-order valence-electron chi connectivity index (χ3n) is 3.65. The van der Waals surface area contributed by atoms with E-state index in [9.17, 15) is 14.0 Å². The molecule has 0 aliphatic carbocycles. The Morgan fingerprint density at radius 1 is 1.12 bits per heavy atom. The average Bonchev–Trinajstić information content (AvgIpc) is 2.99. The van der Waals surface area contributed by atoms with Gasteiger partial charge in [0.15, 0.2) is 5.76 Å². The minimum Gasteiger partial charge on any atom is -0.451 e. The van der Waals surface area contributed by atoms with Crippen LogP contribution >= 0.6 is 11.6 Å². The van der Waals surface area contributed by atoms with Gasteiger partial charge in [-0.15, -0.1) is 0 Å². The molecule has 128 valence electrons. The molecule has 2 aromatic carbocycles. The first-order chi connectivity index (χ1) is 11.9. The number of primary amides is 1. The zero-order valence-corrected chi connectivity index (χ0v) is 13.8. The van der Waals surface area contributed by atoms with Crippen LogP contribution < -0.4 is 10.6 Å². The fourth-order valence-electron chi connectivity index (χ4n) is 2.44. The van der Waals surface area contributed by atoms with Crippen molar-refractivity contribution in [1.82, 2.24) is 0 Å². The molecule has 0 saturated carbocycles. The molecule has 3 rings (SSSR count). The van der Waals surface area contributed by atoms with Crippen molar-refractivity contribution in [3.63, 3.8) is 0 Å². The number of rotatable bonds is 5. The van der Waals surface area contributed by atoms with Gasteiger partial charge >= 0.3 is 0 Å². The van der Waals surface area contributed by atoms with E-state index in [4.69, 9.17) is 21.8 Å². The van der Waals surface area contributed by atoms with E-state index in [1.165, 1.54) is 29.2 Å². The number of nitrogens with zero attached hydrogens (tertiary/aromatic N) is 1. The maximum Gasteiger partial charge on any atom is 0.294 e. The van der Waals surface area contributed by atoms with Gasteiger partial charge in [-0.3, -0.25) is 9.59 Å². The van der Waals surface area contributed by atoms with Gasteiger partial charge in [-0.2, -0.15) is 0 Å². The maximum absolute atomic E-state index is 13.2. The summed E-state index contributed by atoms with van der Waals surface area (Å²) in [6, 6.07) is 12.0. The standard InChI is InChI=1S/C18H14ClFN2O3/c19-12-1-6-15-11(9-12)10-16(25-15)18(24)22(8-7-17(21)23)14-4-2-13(20)3-5-14/h1-6,9-10H,7-8H2,(H2,21,23). The van der Waals surface area contributed by atoms with Crippen molar-refractivity contribution in [2.45, 2.75) is 6.42 Å². The van der Waals surface area contributed by atoms with Crippen LogP contribution in [0.4, 0.5) is 10.1 Å². The Bertz CT molecular complexity index is 937. The predicted molar refractivity (Wildman–Crippen MR) is 93.1 cm³/mol. The van der Waals surface area contributed by atoms with Crippen molar-refractivity contribution in [1.29, 1.82) is 0 Å². The third kappa shape index (κ3) is 3.80. The van der Waals surface area contributed by atoms with Gasteiger partial charge in [0.2, 0.25) is 5.91 Å². The maximum atomic E-state index is 13.2. The number of halogens is 2. The number of amides is 2. The van der Waals surface area contributed by atoms with Gasteiger partial charge in [0, 0.05) is 29.1 Å². The number of hydrogen-bond donors (Lipinski definition) is 1. The molecule has 25 heavy (non-hydrogen) atoms. The molecule has 7 heteroatoms. The minimum absolute atomic E-state index is 0.0326. The van der Waals surface area contributed by atoms with Crippen LogP contribution in [0.15, 0.2) is 52.9 Å². The lowest BCUT2D eigenvalue weighted by Gasteiger charge is -2.21. The SMILES string of the molecule is NC(=O)CCN(C(=O)c1cc2cc(Cl)ccc2o1)c1ccc(F)cc1. The average molecular weight is 361 g/mol. The first kappa shape index (κ1) is 17.0. The number of hydrogen-bond acceptors (Lipinski definition) is 3. The van der Waals surface area contributed by atoms with E-state index < -0.39 is 17.6 Å². The molecule has 0 aliphatic heterocycles. The van der Waals surface area contributed by atoms with Crippen LogP contribution in [0.5, 0.6) is 0 Å². The molecule has 0 spiro atoms. The van der Waals surface area contributed by atoms with E-state index in [-0.39, 0.29) is 18.7 Å². The van der Waals surface area contributed by atoms with E-state index in [1.807, 2.05) is 0 Å². The summed E-state index contributed by atoms with van der Waals surface area (Å²) < 4.78 is 18.7. The molecule has 0 aliphatic rings. The second-order valence-corrected chi connectivity index (χ2v) is 5.88. The topological polar surface area (TPSA) is 76.5 Å². The smallest absolute Gasteiger partial charge is 0.294 e. The minimum atomic E-state index is -0.545. The molecule has 0 fully saturated rings. The molecule has 0 unspecified atom stereocenters. The summed E-state index contributed by atoms with van der Waals surface area (Å²) >= 11 is 5.94. The molecule has 0 radical (unpaired) electrons. The Morgan fingerprint density at radius 2 is 1.84 bits per heavy atom. The zero-order valence-electron chi connectivity index (χ0n) is 13.0. The number of anilines is 1. The monoisotopic (exact) mass is 360 g/mol. The lowest BCUT2D eigenvalue weighted by Crippen LogP contribution is -2.33. The van der Waals surface area contributed by atoms with Crippen molar-refractivity contribution >= 4 is 40.1 Å². The third-order valence-corrected chi connectivity index (χ3v) is 3.89. The number of nitrogens with two attached hydrogens (primary N) is 1. The summed E-state index contributed by atoms with van der Waals surface area (Å²) in [4.78, 5) is 25.3. The van der Waals surface area contributed by atoms with Crippen LogP contribution in [0.2, 0.25) is 5.02 Å². The Balaban J connectivity index is 1.96. The van der Waals surface area contributed by atoms with Crippen LogP contribution in [0.3, 0.4) is 0 Å². The number of benzene rings is 2. The van der Waals surface area contributed by atoms with E-state index >= 15 is 0 Å². The van der Waals surface area contributed by atoms with E-state index in [0.717, 1.165) is 0 Å².